The number of benzene rings is 2. The molecule has 29 heavy (non-hydrogen) atoms. The minimum atomic E-state index is -4.00. The van der Waals surface area contributed by atoms with Crippen molar-refractivity contribution >= 4 is 44.4 Å². The van der Waals surface area contributed by atoms with E-state index in [1.807, 2.05) is 0 Å². The highest BCUT2D eigenvalue weighted by Crippen LogP contribution is 2.29. The molecule has 1 aliphatic rings. The lowest BCUT2D eigenvalue weighted by molar-refractivity contribution is -0.384. The highest BCUT2D eigenvalue weighted by atomic mass is 35.5. The molecule has 0 unspecified atom stereocenters. The fourth-order valence-corrected chi connectivity index (χ4v) is 4.25. The standard InChI is InChI=1S/C19H21ClN4O4S/c20-14-7-9-16(10-8-14)23-29(27,28)17-11-12-18(19(13-17)24(25)26)22-21-15-5-3-1-2-4-6-15/h7-13,22-23H,1-6H2. The van der Waals surface area contributed by atoms with Crippen LogP contribution in [0.5, 0.6) is 0 Å². The zero-order chi connectivity index (χ0) is 20.9. The SMILES string of the molecule is O=[N+]([O-])c1cc(S(=O)(=O)Nc2ccc(Cl)cc2)ccc1NN=C1CCCCCC1. The van der Waals surface area contributed by atoms with Crippen molar-refractivity contribution < 1.29 is 13.3 Å². The number of hydrogen-bond acceptors (Lipinski definition) is 6. The molecule has 8 nitrogen and oxygen atoms in total. The molecule has 0 aromatic heterocycles. The van der Waals surface area contributed by atoms with Gasteiger partial charge in [-0.1, -0.05) is 24.4 Å². The highest BCUT2D eigenvalue weighted by Gasteiger charge is 2.22. The lowest BCUT2D eigenvalue weighted by Gasteiger charge is -2.10. The van der Waals surface area contributed by atoms with Crippen molar-refractivity contribution in [3.63, 3.8) is 0 Å². The molecule has 0 amide bonds. The molecule has 0 spiro atoms. The van der Waals surface area contributed by atoms with E-state index in [-0.39, 0.29) is 16.3 Å². The minimum absolute atomic E-state index is 0.150. The van der Waals surface area contributed by atoms with Crippen LogP contribution in [0.1, 0.15) is 38.5 Å². The molecule has 1 fully saturated rings. The quantitative estimate of drug-likeness (QED) is 0.368. The Bertz CT molecular complexity index is 1010. The van der Waals surface area contributed by atoms with Gasteiger partial charge in [0.15, 0.2) is 0 Å². The predicted molar refractivity (Wildman–Crippen MR) is 114 cm³/mol. The molecular weight excluding hydrogens is 416 g/mol. The van der Waals surface area contributed by atoms with Crippen LogP contribution in [-0.2, 0) is 10.0 Å². The molecule has 2 aromatic rings. The summed E-state index contributed by atoms with van der Waals surface area (Å²) >= 11 is 5.80. The van der Waals surface area contributed by atoms with Gasteiger partial charge in [-0.3, -0.25) is 20.3 Å². The molecule has 2 aromatic carbocycles. The van der Waals surface area contributed by atoms with Gasteiger partial charge in [-0.2, -0.15) is 5.10 Å². The molecule has 0 radical (unpaired) electrons. The Labute approximate surface area is 174 Å². The third kappa shape index (κ3) is 5.68. The molecule has 2 N–H and O–H groups in total. The fourth-order valence-electron chi connectivity index (χ4n) is 3.04. The maximum Gasteiger partial charge on any atom is 0.295 e. The zero-order valence-electron chi connectivity index (χ0n) is 15.6. The number of nitro groups is 1. The zero-order valence-corrected chi connectivity index (χ0v) is 17.2. The van der Waals surface area contributed by atoms with Crippen LogP contribution in [0.15, 0.2) is 52.5 Å². The molecule has 0 heterocycles. The van der Waals surface area contributed by atoms with Crippen LogP contribution < -0.4 is 10.1 Å². The first-order chi connectivity index (χ1) is 13.8. The van der Waals surface area contributed by atoms with E-state index >= 15 is 0 Å². The molecule has 10 heteroatoms. The van der Waals surface area contributed by atoms with E-state index in [4.69, 9.17) is 11.6 Å². The number of nitro benzene ring substituents is 1. The number of rotatable bonds is 6. The first kappa shape index (κ1) is 21.1. The third-order valence-corrected chi connectivity index (χ3v) is 6.22. The van der Waals surface area contributed by atoms with Gasteiger partial charge in [0, 0.05) is 22.5 Å². The Kier molecular flexibility index (Phi) is 6.71. The van der Waals surface area contributed by atoms with Gasteiger partial charge in [-0.05, 0) is 62.1 Å². The summed E-state index contributed by atoms with van der Waals surface area (Å²) in [6, 6.07) is 9.79. The Morgan fingerprint density at radius 1 is 1.00 bits per heavy atom. The first-order valence-corrected chi connectivity index (χ1v) is 11.1. The lowest BCUT2D eigenvalue weighted by Crippen LogP contribution is -2.13. The van der Waals surface area contributed by atoms with E-state index in [0.717, 1.165) is 50.3 Å². The van der Waals surface area contributed by atoms with E-state index in [1.165, 1.54) is 24.3 Å². The van der Waals surface area contributed by atoms with Crippen molar-refractivity contribution in [3.8, 4) is 0 Å². The van der Waals surface area contributed by atoms with E-state index < -0.39 is 14.9 Å². The van der Waals surface area contributed by atoms with E-state index in [2.05, 4.69) is 15.2 Å². The second kappa shape index (κ2) is 9.23. The summed E-state index contributed by atoms with van der Waals surface area (Å²) in [5, 5.41) is 16.3. The van der Waals surface area contributed by atoms with E-state index in [9.17, 15) is 18.5 Å². The normalized spacial score (nSPS) is 14.7. The molecule has 154 valence electrons. The molecule has 0 atom stereocenters. The van der Waals surface area contributed by atoms with Gasteiger partial charge in [0.2, 0.25) is 0 Å². The van der Waals surface area contributed by atoms with Crippen LogP contribution in [0.25, 0.3) is 0 Å². The summed E-state index contributed by atoms with van der Waals surface area (Å²) in [5.41, 5.74) is 3.81. The maximum absolute atomic E-state index is 12.6. The number of anilines is 2. The Morgan fingerprint density at radius 3 is 2.28 bits per heavy atom. The Morgan fingerprint density at radius 2 is 1.66 bits per heavy atom. The summed E-state index contributed by atoms with van der Waals surface area (Å²) in [6.45, 7) is 0. The summed E-state index contributed by atoms with van der Waals surface area (Å²) < 4.78 is 27.6. The molecule has 0 aliphatic heterocycles. The summed E-state index contributed by atoms with van der Waals surface area (Å²) in [5.74, 6) is 0. The van der Waals surface area contributed by atoms with Crippen molar-refractivity contribution in [1.29, 1.82) is 0 Å². The van der Waals surface area contributed by atoms with Crippen molar-refractivity contribution in [2.45, 2.75) is 43.4 Å². The first-order valence-electron chi connectivity index (χ1n) is 9.23. The number of hydrogen-bond donors (Lipinski definition) is 2. The van der Waals surface area contributed by atoms with Gasteiger partial charge >= 0.3 is 0 Å². The van der Waals surface area contributed by atoms with Crippen molar-refractivity contribution in [2.24, 2.45) is 5.10 Å². The molecule has 0 saturated heterocycles. The van der Waals surface area contributed by atoms with Crippen LogP contribution >= 0.6 is 11.6 Å². The van der Waals surface area contributed by atoms with Gasteiger partial charge in [-0.25, -0.2) is 8.42 Å². The van der Waals surface area contributed by atoms with E-state index in [1.54, 1.807) is 12.1 Å². The maximum atomic E-state index is 12.6. The van der Waals surface area contributed by atoms with Crippen LogP contribution in [0, 0.1) is 10.1 Å². The predicted octanol–water partition coefficient (Wildman–Crippen LogP) is 5.17. The van der Waals surface area contributed by atoms with Crippen LogP contribution in [0.2, 0.25) is 5.02 Å². The Balaban J connectivity index is 1.83. The topological polar surface area (TPSA) is 114 Å². The summed E-state index contributed by atoms with van der Waals surface area (Å²) in [6.07, 6.45) is 6.14. The third-order valence-electron chi connectivity index (χ3n) is 4.59. The summed E-state index contributed by atoms with van der Waals surface area (Å²) in [4.78, 5) is 10.6. The summed E-state index contributed by atoms with van der Waals surface area (Å²) in [7, 11) is -4.00. The fraction of sp³-hybridized carbons (Fsp3) is 0.316. The largest absolute Gasteiger partial charge is 0.295 e. The minimum Gasteiger partial charge on any atom is -0.280 e. The van der Waals surface area contributed by atoms with Crippen LogP contribution in [-0.4, -0.2) is 19.1 Å². The van der Waals surface area contributed by atoms with Gasteiger partial charge in [0.1, 0.15) is 5.69 Å². The van der Waals surface area contributed by atoms with Crippen molar-refractivity contribution in [2.75, 3.05) is 10.1 Å². The van der Waals surface area contributed by atoms with Crippen molar-refractivity contribution in [3.05, 3.63) is 57.6 Å². The molecular formula is C19H21ClN4O4S. The Hall–Kier alpha value is -2.65. The molecule has 1 saturated carbocycles. The number of nitrogens with one attached hydrogen (secondary N) is 2. The average Bonchev–Trinajstić information content (AvgIpc) is 2.96. The van der Waals surface area contributed by atoms with Gasteiger partial charge in [-0.15, -0.1) is 0 Å². The van der Waals surface area contributed by atoms with Gasteiger partial charge in [0.25, 0.3) is 15.7 Å². The monoisotopic (exact) mass is 436 g/mol. The number of sulfonamides is 1. The van der Waals surface area contributed by atoms with Gasteiger partial charge < -0.3 is 0 Å². The molecule has 0 bridgehead atoms. The second-order valence-corrected chi connectivity index (χ2v) is 8.87. The number of nitrogens with zero attached hydrogens (tertiary/aromatic N) is 2. The highest BCUT2D eigenvalue weighted by molar-refractivity contribution is 7.92. The number of hydrazone groups is 1. The van der Waals surface area contributed by atoms with Crippen LogP contribution in [0.4, 0.5) is 17.1 Å². The van der Waals surface area contributed by atoms with Crippen molar-refractivity contribution in [1.82, 2.24) is 0 Å². The van der Waals surface area contributed by atoms with Gasteiger partial charge in [0.05, 0.1) is 9.82 Å². The molecule has 1 aliphatic carbocycles. The smallest absolute Gasteiger partial charge is 0.280 e. The number of halogens is 1. The molecule has 3 rings (SSSR count). The second-order valence-electron chi connectivity index (χ2n) is 6.75. The lowest BCUT2D eigenvalue weighted by atomic mass is 10.2. The van der Waals surface area contributed by atoms with Crippen LogP contribution in [0.3, 0.4) is 0 Å². The van der Waals surface area contributed by atoms with E-state index in [0.29, 0.717) is 10.7 Å². The average molecular weight is 437 g/mol.